The molecule has 0 spiro atoms. The second-order valence-electron chi connectivity index (χ2n) is 3.10. The van der Waals surface area contributed by atoms with E-state index >= 15 is 0 Å². The number of nitriles is 1. The van der Waals surface area contributed by atoms with Gasteiger partial charge < -0.3 is 0 Å². The predicted octanol–water partition coefficient (Wildman–Crippen LogP) is 2.70. The summed E-state index contributed by atoms with van der Waals surface area (Å²) in [5, 5.41) is 12.7. The van der Waals surface area contributed by atoms with Crippen LogP contribution in [0.15, 0.2) is 41.1 Å². The molecule has 0 aliphatic rings. The molecule has 0 atom stereocenters. The summed E-state index contributed by atoms with van der Waals surface area (Å²) in [5.74, 6) is 0. The lowest BCUT2D eigenvalue weighted by Gasteiger charge is -2.01. The van der Waals surface area contributed by atoms with Gasteiger partial charge in [0.2, 0.25) is 0 Å². The van der Waals surface area contributed by atoms with Crippen molar-refractivity contribution in [2.24, 2.45) is 0 Å². The number of aromatic nitrogens is 2. The molecule has 0 bridgehead atoms. The molecule has 0 saturated heterocycles. The fourth-order valence-electron chi connectivity index (χ4n) is 1.30. The first-order chi connectivity index (χ1) is 7.29. The Morgan fingerprint density at radius 3 is 2.60 bits per heavy atom. The van der Waals surface area contributed by atoms with Gasteiger partial charge in [-0.1, -0.05) is 12.1 Å². The van der Waals surface area contributed by atoms with Crippen LogP contribution in [-0.4, -0.2) is 9.78 Å². The molecule has 0 amide bonds. The van der Waals surface area contributed by atoms with Crippen LogP contribution >= 0.6 is 15.9 Å². The van der Waals surface area contributed by atoms with Crippen LogP contribution in [0.25, 0.3) is 5.69 Å². The van der Waals surface area contributed by atoms with Gasteiger partial charge in [-0.25, -0.2) is 4.68 Å². The van der Waals surface area contributed by atoms with E-state index in [-0.39, 0.29) is 0 Å². The Hall–Kier alpha value is -1.60. The fraction of sp³-hybridized carbons (Fsp3) is 0.0909. The monoisotopic (exact) mass is 261 g/mol. The average Bonchev–Trinajstić information content (AvgIpc) is 2.67. The lowest BCUT2D eigenvalue weighted by Crippen LogP contribution is -1.94. The number of hydrogen-bond acceptors (Lipinski definition) is 2. The Morgan fingerprint density at radius 1 is 1.33 bits per heavy atom. The first-order valence-corrected chi connectivity index (χ1v) is 5.25. The highest BCUT2D eigenvalue weighted by atomic mass is 79.9. The molecule has 0 unspecified atom stereocenters. The van der Waals surface area contributed by atoms with Gasteiger partial charge in [0.1, 0.15) is 0 Å². The zero-order valence-corrected chi connectivity index (χ0v) is 9.48. The molecule has 3 nitrogen and oxygen atoms in total. The molecule has 0 fully saturated rings. The highest BCUT2D eigenvalue weighted by molar-refractivity contribution is 9.10. The first kappa shape index (κ1) is 9.94. The topological polar surface area (TPSA) is 41.6 Å². The van der Waals surface area contributed by atoms with Crippen LogP contribution in [0.5, 0.6) is 0 Å². The Balaban J connectivity index is 2.28. The molecule has 0 aliphatic carbocycles. The molecule has 15 heavy (non-hydrogen) atoms. The van der Waals surface area contributed by atoms with Crippen LogP contribution in [0, 0.1) is 11.3 Å². The van der Waals surface area contributed by atoms with Crippen molar-refractivity contribution in [1.82, 2.24) is 9.78 Å². The third kappa shape index (κ3) is 2.25. The minimum absolute atomic E-state index is 0.448. The molecule has 0 N–H and O–H groups in total. The van der Waals surface area contributed by atoms with Crippen molar-refractivity contribution in [3.63, 3.8) is 0 Å². The van der Waals surface area contributed by atoms with E-state index < -0.39 is 0 Å². The Labute approximate surface area is 96.1 Å². The van der Waals surface area contributed by atoms with Gasteiger partial charge in [0.25, 0.3) is 0 Å². The van der Waals surface area contributed by atoms with E-state index in [2.05, 4.69) is 27.1 Å². The molecule has 1 aromatic heterocycles. The lowest BCUT2D eigenvalue weighted by atomic mass is 10.1. The molecule has 1 aromatic carbocycles. The normalized spacial score (nSPS) is 9.87. The average molecular weight is 262 g/mol. The molecule has 4 heteroatoms. The van der Waals surface area contributed by atoms with Crippen molar-refractivity contribution in [2.45, 2.75) is 6.42 Å². The maximum Gasteiger partial charge on any atom is 0.0669 e. The van der Waals surface area contributed by atoms with Gasteiger partial charge in [-0.05, 0) is 33.6 Å². The summed E-state index contributed by atoms with van der Waals surface area (Å²) in [5.41, 5.74) is 2.01. The second kappa shape index (κ2) is 4.28. The summed E-state index contributed by atoms with van der Waals surface area (Å²) in [6.45, 7) is 0. The quantitative estimate of drug-likeness (QED) is 0.834. The van der Waals surface area contributed by atoms with Gasteiger partial charge in [0.05, 0.1) is 28.8 Å². The van der Waals surface area contributed by atoms with Gasteiger partial charge >= 0.3 is 0 Å². The molecule has 0 aliphatic heterocycles. The number of hydrogen-bond donors (Lipinski definition) is 0. The van der Waals surface area contributed by atoms with Crippen LogP contribution in [0.1, 0.15) is 5.56 Å². The second-order valence-corrected chi connectivity index (χ2v) is 4.02. The third-order valence-electron chi connectivity index (χ3n) is 2.04. The SMILES string of the molecule is N#CCc1ccc(-n2cc(Br)cn2)cc1. The Morgan fingerprint density at radius 2 is 2.07 bits per heavy atom. The summed E-state index contributed by atoms with van der Waals surface area (Å²) >= 11 is 3.34. The maximum atomic E-state index is 8.54. The van der Waals surface area contributed by atoms with Crippen LogP contribution in [-0.2, 0) is 6.42 Å². The van der Waals surface area contributed by atoms with Crippen molar-refractivity contribution in [3.05, 3.63) is 46.7 Å². The minimum Gasteiger partial charge on any atom is -0.240 e. The zero-order chi connectivity index (χ0) is 10.7. The van der Waals surface area contributed by atoms with Crippen molar-refractivity contribution in [3.8, 4) is 11.8 Å². The molecule has 1 heterocycles. The van der Waals surface area contributed by atoms with Crippen molar-refractivity contribution in [1.29, 1.82) is 5.26 Å². The molecular formula is C11H8BrN3. The van der Waals surface area contributed by atoms with Gasteiger partial charge in [-0.2, -0.15) is 10.4 Å². The van der Waals surface area contributed by atoms with Crippen molar-refractivity contribution >= 4 is 15.9 Å². The third-order valence-corrected chi connectivity index (χ3v) is 2.44. The number of rotatable bonds is 2. The summed E-state index contributed by atoms with van der Waals surface area (Å²) in [6, 6.07) is 9.90. The van der Waals surface area contributed by atoms with E-state index in [9.17, 15) is 0 Å². The summed E-state index contributed by atoms with van der Waals surface area (Å²) in [4.78, 5) is 0. The molecule has 2 aromatic rings. The smallest absolute Gasteiger partial charge is 0.0669 e. The number of benzene rings is 1. The highest BCUT2D eigenvalue weighted by Crippen LogP contribution is 2.13. The number of halogens is 1. The van der Waals surface area contributed by atoms with E-state index in [4.69, 9.17) is 5.26 Å². The van der Waals surface area contributed by atoms with Crippen molar-refractivity contribution in [2.75, 3.05) is 0 Å². The van der Waals surface area contributed by atoms with Crippen LogP contribution in [0.2, 0.25) is 0 Å². The van der Waals surface area contributed by atoms with Gasteiger partial charge in [-0.15, -0.1) is 0 Å². The first-order valence-electron chi connectivity index (χ1n) is 4.46. The molecular weight excluding hydrogens is 254 g/mol. The van der Waals surface area contributed by atoms with E-state index in [1.54, 1.807) is 10.9 Å². The zero-order valence-electron chi connectivity index (χ0n) is 7.89. The molecule has 74 valence electrons. The van der Waals surface area contributed by atoms with E-state index in [0.717, 1.165) is 15.7 Å². The Kier molecular flexibility index (Phi) is 2.84. The van der Waals surface area contributed by atoms with Crippen LogP contribution in [0.4, 0.5) is 0 Å². The van der Waals surface area contributed by atoms with Gasteiger partial charge in [-0.3, -0.25) is 0 Å². The lowest BCUT2D eigenvalue weighted by molar-refractivity contribution is 0.879. The summed E-state index contributed by atoms with van der Waals surface area (Å²) in [6.07, 6.45) is 4.07. The summed E-state index contributed by atoms with van der Waals surface area (Å²) in [7, 11) is 0. The standard InChI is InChI=1S/C11H8BrN3/c12-10-7-14-15(8-10)11-3-1-9(2-4-11)5-6-13/h1-4,7-8H,5H2. The number of nitrogens with zero attached hydrogens (tertiary/aromatic N) is 3. The van der Waals surface area contributed by atoms with Crippen molar-refractivity contribution < 1.29 is 0 Å². The van der Waals surface area contributed by atoms with E-state index in [1.807, 2.05) is 30.5 Å². The van der Waals surface area contributed by atoms with Gasteiger partial charge in [0.15, 0.2) is 0 Å². The van der Waals surface area contributed by atoms with E-state index in [1.165, 1.54) is 0 Å². The van der Waals surface area contributed by atoms with Gasteiger partial charge in [0, 0.05) is 6.20 Å². The minimum atomic E-state index is 0.448. The van der Waals surface area contributed by atoms with E-state index in [0.29, 0.717) is 6.42 Å². The van der Waals surface area contributed by atoms with Crippen LogP contribution in [0.3, 0.4) is 0 Å². The molecule has 0 saturated carbocycles. The predicted molar refractivity (Wildman–Crippen MR) is 60.6 cm³/mol. The highest BCUT2D eigenvalue weighted by Gasteiger charge is 1.98. The molecule has 2 rings (SSSR count). The molecule has 0 radical (unpaired) electrons. The Bertz CT molecular complexity index is 493. The summed E-state index contributed by atoms with van der Waals surface area (Å²) < 4.78 is 2.73. The van der Waals surface area contributed by atoms with Crippen LogP contribution < -0.4 is 0 Å². The largest absolute Gasteiger partial charge is 0.240 e. The maximum absolute atomic E-state index is 8.54. The fourth-order valence-corrected chi connectivity index (χ4v) is 1.59.